The second-order valence-corrected chi connectivity index (χ2v) is 4.05. The van der Waals surface area contributed by atoms with Crippen molar-refractivity contribution in [3.63, 3.8) is 0 Å². The zero-order chi connectivity index (χ0) is 15.0. The molecule has 0 radical (unpaired) electrons. The quantitative estimate of drug-likeness (QED) is 0.752. The van der Waals surface area contributed by atoms with Crippen molar-refractivity contribution in [2.75, 3.05) is 27.9 Å². The molecule has 0 aliphatic rings. The summed E-state index contributed by atoms with van der Waals surface area (Å²) in [7, 11) is 4.62. The number of hydrogen-bond acceptors (Lipinski definition) is 5. The molecule has 0 fully saturated rings. The van der Waals surface area contributed by atoms with Crippen LogP contribution >= 0.6 is 0 Å². The number of methoxy groups -OCH3 is 2. The summed E-state index contributed by atoms with van der Waals surface area (Å²) in [5, 5.41) is 2.38. The normalized spacial score (nSPS) is 9.75. The molecule has 6 heteroatoms. The molecule has 1 aromatic carbocycles. The van der Waals surface area contributed by atoms with Crippen LogP contribution in [0.15, 0.2) is 18.2 Å². The lowest BCUT2D eigenvalue weighted by Crippen LogP contribution is -2.25. The summed E-state index contributed by atoms with van der Waals surface area (Å²) in [6, 6.07) is 5.41. The molecule has 110 valence electrons. The second-order valence-electron chi connectivity index (χ2n) is 4.05. The maximum Gasteiger partial charge on any atom is 0.306 e. The minimum atomic E-state index is -0.421. The van der Waals surface area contributed by atoms with Crippen LogP contribution in [0.25, 0.3) is 0 Å². The van der Waals surface area contributed by atoms with Crippen molar-refractivity contribution in [3.8, 4) is 11.5 Å². The van der Waals surface area contributed by atoms with Crippen LogP contribution in [-0.2, 0) is 20.7 Å². The molecule has 1 rings (SSSR count). The third-order valence-electron chi connectivity index (χ3n) is 2.67. The van der Waals surface area contributed by atoms with E-state index in [0.29, 0.717) is 17.9 Å². The molecule has 1 aromatic rings. The highest BCUT2D eigenvalue weighted by Gasteiger charge is 2.08. The first-order valence-corrected chi connectivity index (χ1v) is 6.17. The van der Waals surface area contributed by atoms with Gasteiger partial charge in [0.15, 0.2) is 6.61 Å². The number of ether oxygens (including phenoxy) is 3. The average molecular weight is 281 g/mol. The third kappa shape index (κ3) is 5.17. The van der Waals surface area contributed by atoms with Gasteiger partial charge >= 0.3 is 5.97 Å². The summed E-state index contributed by atoms with van der Waals surface area (Å²) in [6.07, 6.45) is 0.674. The van der Waals surface area contributed by atoms with Crippen LogP contribution in [0.3, 0.4) is 0 Å². The monoisotopic (exact) mass is 281 g/mol. The van der Waals surface area contributed by atoms with Crippen molar-refractivity contribution in [2.45, 2.75) is 12.8 Å². The van der Waals surface area contributed by atoms with Gasteiger partial charge in [0.05, 0.1) is 14.2 Å². The molecule has 0 saturated heterocycles. The molecule has 0 aliphatic carbocycles. The number of carbonyl (C=O) groups excluding carboxylic acids is 2. The summed E-state index contributed by atoms with van der Waals surface area (Å²) in [6.45, 7) is -0.253. The van der Waals surface area contributed by atoms with E-state index in [1.165, 1.54) is 7.05 Å². The van der Waals surface area contributed by atoms with Gasteiger partial charge in [0, 0.05) is 19.5 Å². The zero-order valence-corrected chi connectivity index (χ0v) is 11.9. The second kappa shape index (κ2) is 8.04. The largest absolute Gasteiger partial charge is 0.497 e. The van der Waals surface area contributed by atoms with Crippen molar-refractivity contribution in [2.24, 2.45) is 0 Å². The molecule has 1 amide bonds. The average Bonchev–Trinajstić information content (AvgIpc) is 2.49. The smallest absolute Gasteiger partial charge is 0.306 e. The Bertz CT molecular complexity index is 450. The number of benzene rings is 1. The van der Waals surface area contributed by atoms with E-state index in [2.05, 4.69) is 5.32 Å². The van der Waals surface area contributed by atoms with Crippen LogP contribution in [0.1, 0.15) is 12.0 Å². The maximum atomic E-state index is 11.5. The number of rotatable bonds is 7. The van der Waals surface area contributed by atoms with Gasteiger partial charge in [-0.1, -0.05) is 0 Å². The molecule has 20 heavy (non-hydrogen) atoms. The molecule has 0 atom stereocenters. The van der Waals surface area contributed by atoms with Gasteiger partial charge in [-0.25, -0.2) is 0 Å². The molecule has 0 heterocycles. The van der Waals surface area contributed by atoms with Crippen molar-refractivity contribution in [1.29, 1.82) is 0 Å². The molecular weight excluding hydrogens is 262 g/mol. The Kier molecular flexibility index (Phi) is 6.36. The Morgan fingerprint density at radius 3 is 2.20 bits per heavy atom. The van der Waals surface area contributed by atoms with E-state index in [1.807, 2.05) is 12.1 Å². The highest BCUT2D eigenvalue weighted by Crippen LogP contribution is 2.23. The number of aryl methyl sites for hydroxylation is 1. The topological polar surface area (TPSA) is 73.9 Å². The van der Waals surface area contributed by atoms with Crippen LogP contribution < -0.4 is 14.8 Å². The van der Waals surface area contributed by atoms with E-state index in [1.54, 1.807) is 20.3 Å². The zero-order valence-electron chi connectivity index (χ0n) is 11.9. The summed E-state index contributed by atoms with van der Waals surface area (Å²) in [5.41, 5.74) is 0.901. The predicted octanol–water partition coefficient (Wildman–Crippen LogP) is 0.926. The van der Waals surface area contributed by atoms with Crippen LogP contribution in [0.5, 0.6) is 11.5 Å². The fourth-order valence-corrected chi connectivity index (χ4v) is 1.55. The van der Waals surface area contributed by atoms with Gasteiger partial charge in [-0.3, -0.25) is 9.59 Å². The highest BCUT2D eigenvalue weighted by atomic mass is 16.5. The van der Waals surface area contributed by atoms with Crippen LogP contribution in [-0.4, -0.2) is 39.8 Å². The van der Waals surface area contributed by atoms with Gasteiger partial charge in [-0.05, 0) is 24.1 Å². The lowest BCUT2D eigenvalue weighted by atomic mass is 10.1. The molecule has 0 unspecified atom stereocenters. The fraction of sp³-hybridized carbons (Fsp3) is 0.429. The van der Waals surface area contributed by atoms with Crippen molar-refractivity contribution >= 4 is 11.9 Å². The summed E-state index contributed by atoms with van der Waals surface area (Å²) in [4.78, 5) is 22.4. The SMILES string of the molecule is CNC(=O)COC(=O)CCc1cc(OC)cc(OC)c1. The lowest BCUT2D eigenvalue weighted by molar-refractivity contribution is -0.148. The number of carbonyl (C=O) groups is 2. The first-order valence-electron chi connectivity index (χ1n) is 6.17. The summed E-state index contributed by atoms with van der Waals surface area (Å²) in [5.74, 6) is 0.577. The maximum absolute atomic E-state index is 11.5. The lowest BCUT2D eigenvalue weighted by Gasteiger charge is -2.08. The first kappa shape index (κ1) is 15.8. The van der Waals surface area contributed by atoms with Gasteiger partial charge in [-0.2, -0.15) is 0 Å². The highest BCUT2D eigenvalue weighted by molar-refractivity contribution is 5.80. The molecule has 0 saturated carbocycles. The molecule has 0 spiro atoms. The Morgan fingerprint density at radius 1 is 1.10 bits per heavy atom. The minimum Gasteiger partial charge on any atom is -0.497 e. The fourth-order valence-electron chi connectivity index (χ4n) is 1.55. The van der Waals surface area contributed by atoms with E-state index in [-0.39, 0.29) is 18.9 Å². The predicted molar refractivity (Wildman–Crippen MR) is 72.9 cm³/mol. The van der Waals surface area contributed by atoms with Gasteiger partial charge in [-0.15, -0.1) is 0 Å². The van der Waals surface area contributed by atoms with Crippen molar-refractivity contribution in [1.82, 2.24) is 5.32 Å². The Labute approximate surface area is 118 Å². The van der Waals surface area contributed by atoms with Gasteiger partial charge < -0.3 is 19.5 Å². The third-order valence-corrected chi connectivity index (χ3v) is 2.67. The van der Waals surface area contributed by atoms with Crippen LogP contribution in [0.4, 0.5) is 0 Å². The van der Waals surface area contributed by atoms with Gasteiger partial charge in [0.2, 0.25) is 0 Å². The van der Waals surface area contributed by atoms with Gasteiger partial charge in [0.1, 0.15) is 11.5 Å². The number of amides is 1. The van der Waals surface area contributed by atoms with Crippen LogP contribution in [0.2, 0.25) is 0 Å². The van der Waals surface area contributed by atoms with Crippen LogP contribution in [0, 0.1) is 0 Å². The van der Waals surface area contributed by atoms with E-state index >= 15 is 0 Å². The van der Waals surface area contributed by atoms with Crippen molar-refractivity contribution < 1.29 is 23.8 Å². The molecule has 1 N–H and O–H groups in total. The minimum absolute atomic E-state index is 0.188. The molecular formula is C14H19NO5. The molecule has 0 aromatic heterocycles. The number of likely N-dealkylation sites (N-methyl/N-ethyl adjacent to an activating group) is 1. The molecule has 0 aliphatic heterocycles. The Morgan fingerprint density at radius 2 is 1.70 bits per heavy atom. The Balaban J connectivity index is 2.52. The molecule has 6 nitrogen and oxygen atoms in total. The Hall–Kier alpha value is -2.24. The standard InChI is InChI=1S/C14H19NO5/c1-15-13(16)9-20-14(17)5-4-10-6-11(18-2)8-12(7-10)19-3/h6-8H,4-5,9H2,1-3H3,(H,15,16). The first-order chi connectivity index (χ1) is 9.58. The van der Waals surface area contributed by atoms with E-state index in [9.17, 15) is 9.59 Å². The van der Waals surface area contributed by atoms with Gasteiger partial charge in [0.25, 0.3) is 5.91 Å². The number of esters is 1. The van der Waals surface area contributed by atoms with E-state index in [0.717, 1.165) is 5.56 Å². The van der Waals surface area contributed by atoms with Crippen molar-refractivity contribution in [3.05, 3.63) is 23.8 Å². The molecule has 0 bridgehead atoms. The summed E-state index contributed by atoms with van der Waals surface area (Å²) < 4.78 is 15.1. The summed E-state index contributed by atoms with van der Waals surface area (Å²) >= 11 is 0. The number of nitrogens with one attached hydrogen (secondary N) is 1. The van der Waals surface area contributed by atoms with E-state index < -0.39 is 5.97 Å². The number of hydrogen-bond donors (Lipinski definition) is 1. The van der Waals surface area contributed by atoms with E-state index in [4.69, 9.17) is 14.2 Å².